The van der Waals surface area contributed by atoms with E-state index >= 15 is 0 Å². The maximum absolute atomic E-state index is 12.9. The van der Waals surface area contributed by atoms with Crippen LogP contribution >= 0.6 is 0 Å². The van der Waals surface area contributed by atoms with E-state index < -0.39 is 18.0 Å². The van der Waals surface area contributed by atoms with Gasteiger partial charge in [-0.1, -0.05) is 48.5 Å². The number of hydrogen-bond donors (Lipinski definition) is 2. The summed E-state index contributed by atoms with van der Waals surface area (Å²) in [5.74, 6) is -0.873. The van der Waals surface area contributed by atoms with E-state index in [9.17, 15) is 14.4 Å². The first kappa shape index (κ1) is 25.2. The van der Waals surface area contributed by atoms with Gasteiger partial charge in [0, 0.05) is 25.9 Å². The van der Waals surface area contributed by atoms with Gasteiger partial charge >= 0.3 is 6.09 Å². The topological polar surface area (TPSA) is 105 Å². The average Bonchev–Trinajstić information content (AvgIpc) is 3.13. The Kier molecular flexibility index (Phi) is 8.65. The van der Waals surface area contributed by atoms with Crippen LogP contribution in [0.3, 0.4) is 0 Å². The van der Waals surface area contributed by atoms with Gasteiger partial charge in [-0.05, 0) is 55.7 Å². The monoisotopic (exact) mass is 466 g/mol. The van der Waals surface area contributed by atoms with Crippen LogP contribution < -0.4 is 11.1 Å². The Balaban J connectivity index is 1.63. The van der Waals surface area contributed by atoms with Crippen LogP contribution in [-0.2, 0) is 14.3 Å². The zero-order valence-electron chi connectivity index (χ0n) is 20.1. The molecule has 182 valence electrons. The van der Waals surface area contributed by atoms with Crippen LogP contribution in [-0.4, -0.2) is 74.6 Å². The Morgan fingerprint density at radius 2 is 1.56 bits per heavy atom. The van der Waals surface area contributed by atoms with E-state index in [-0.39, 0.29) is 31.3 Å². The summed E-state index contributed by atoms with van der Waals surface area (Å²) < 4.78 is 5.58. The molecule has 3 N–H and O–H groups in total. The van der Waals surface area contributed by atoms with E-state index in [2.05, 4.69) is 17.4 Å². The molecular weight excluding hydrogens is 432 g/mol. The molecule has 0 saturated carbocycles. The van der Waals surface area contributed by atoms with Crippen LogP contribution in [0.1, 0.15) is 36.3 Å². The largest absolute Gasteiger partial charge is 0.449 e. The van der Waals surface area contributed by atoms with Crippen LogP contribution in [0.4, 0.5) is 4.79 Å². The summed E-state index contributed by atoms with van der Waals surface area (Å²) in [7, 11) is 5.63. The average molecular weight is 467 g/mol. The van der Waals surface area contributed by atoms with E-state index in [0.717, 1.165) is 35.2 Å². The van der Waals surface area contributed by atoms with E-state index in [1.807, 2.05) is 55.4 Å². The number of carbonyl (C=O) groups excluding carboxylic acids is 3. The van der Waals surface area contributed by atoms with Gasteiger partial charge in [0.25, 0.3) is 0 Å². The van der Waals surface area contributed by atoms with Crippen molar-refractivity contribution in [2.24, 2.45) is 5.73 Å². The molecule has 1 atom stereocenters. The molecule has 0 heterocycles. The van der Waals surface area contributed by atoms with Crippen LogP contribution in [0.2, 0.25) is 0 Å². The Morgan fingerprint density at radius 3 is 2.12 bits per heavy atom. The van der Waals surface area contributed by atoms with E-state index in [4.69, 9.17) is 10.5 Å². The zero-order chi connectivity index (χ0) is 24.7. The summed E-state index contributed by atoms with van der Waals surface area (Å²) in [5.41, 5.74) is 9.78. The second-order valence-electron chi connectivity index (χ2n) is 8.94. The molecule has 1 aliphatic rings. The third kappa shape index (κ3) is 6.35. The molecule has 0 bridgehead atoms. The zero-order valence-corrected chi connectivity index (χ0v) is 20.1. The molecule has 1 unspecified atom stereocenters. The minimum atomic E-state index is -0.882. The number of nitrogens with zero attached hydrogens (tertiary/aromatic N) is 2. The SMILES string of the molecule is CN(C)CCCN(C)C(=O)C(CCC(N)=O)NC(=O)OCC1c2ccccc2-c2ccccc21. The fourth-order valence-electron chi connectivity index (χ4n) is 4.33. The molecule has 0 spiro atoms. The summed E-state index contributed by atoms with van der Waals surface area (Å²) in [6.45, 7) is 1.52. The number of carbonyl (C=O) groups is 3. The Bertz CT molecular complexity index is 978. The smallest absolute Gasteiger partial charge is 0.407 e. The molecule has 3 amide bonds. The van der Waals surface area contributed by atoms with Gasteiger partial charge in [0.15, 0.2) is 0 Å². The third-order valence-corrected chi connectivity index (χ3v) is 6.09. The quantitative estimate of drug-likeness (QED) is 0.530. The van der Waals surface area contributed by atoms with Crippen LogP contribution in [0.15, 0.2) is 48.5 Å². The first-order valence-electron chi connectivity index (χ1n) is 11.6. The molecule has 8 heteroatoms. The number of nitrogens with two attached hydrogens (primary N) is 1. The highest BCUT2D eigenvalue weighted by atomic mass is 16.5. The number of likely N-dealkylation sites (N-methyl/N-ethyl adjacent to an activating group) is 1. The maximum Gasteiger partial charge on any atom is 0.407 e. The van der Waals surface area contributed by atoms with Crippen molar-refractivity contribution in [3.63, 3.8) is 0 Å². The second-order valence-corrected chi connectivity index (χ2v) is 8.94. The van der Waals surface area contributed by atoms with Gasteiger partial charge in [-0.25, -0.2) is 4.79 Å². The van der Waals surface area contributed by atoms with Crippen LogP contribution in [0.5, 0.6) is 0 Å². The van der Waals surface area contributed by atoms with Crippen LogP contribution in [0.25, 0.3) is 11.1 Å². The highest BCUT2D eigenvalue weighted by Gasteiger charge is 2.30. The first-order valence-corrected chi connectivity index (χ1v) is 11.6. The van der Waals surface area contributed by atoms with Crippen molar-refractivity contribution < 1.29 is 19.1 Å². The van der Waals surface area contributed by atoms with Gasteiger partial charge < -0.3 is 25.6 Å². The predicted molar refractivity (Wildman–Crippen MR) is 131 cm³/mol. The highest BCUT2D eigenvalue weighted by molar-refractivity contribution is 5.86. The molecule has 2 aromatic carbocycles. The molecule has 3 rings (SSSR count). The van der Waals surface area contributed by atoms with Crippen molar-refractivity contribution in [1.82, 2.24) is 15.1 Å². The second kappa shape index (κ2) is 11.7. The summed E-state index contributed by atoms with van der Waals surface area (Å²) in [5, 5.41) is 2.65. The van der Waals surface area contributed by atoms with Gasteiger partial charge in [0.05, 0.1) is 0 Å². The highest BCUT2D eigenvalue weighted by Crippen LogP contribution is 2.44. The summed E-state index contributed by atoms with van der Waals surface area (Å²) in [6, 6.07) is 15.3. The van der Waals surface area contributed by atoms with Gasteiger partial charge in [-0.2, -0.15) is 0 Å². The van der Waals surface area contributed by atoms with Gasteiger partial charge in [0.2, 0.25) is 11.8 Å². The van der Waals surface area contributed by atoms with E-state index in [0.29, 0.717) is 6.54 Å². The van der Waals surface area contributed by atoms with Crippen molar-refractivity contribution in [3.05, 3.63) is 59.7 Å². The molecular formula is C26H34N4O4. The number of benzene rings is 2. The number of hydrogen-bond acceptors (Lipinski definition) is 5. The Morgan fingerprint density at radius 1 is 0.971 bits per heavy atom. The molecule has 1 aliphatic carbocycles. The van der Waals surface area contributed by atoms with Crippen molar-refractivity contribution >= 4 is 17.9 Å². The van der Waals surface area contributed by atoms with E-state index in [1.54, 1.807) is 11.9 Å². The lowest BCUT2D eigenvalue weighted by Gasteiger charge is -2.25. The molecule has 0 radical (unpaired) electrons. The van der Waals surface area contributed by atoms with Crippen LogP contribution in [0, 0.1) is 0 Å². The lowest BCUT2D eigenvalue weighted by atomic mass is 9.98. The Hall–Kier alpha value is -3.39. The minimum absolute atomic E-state index is 0.00833. The first-order chi connectivity index (χ1) is 16.3. The number of rotatable bonds is 11. The standard InChI is InChI=1S/C26H34N4O4/c1-29(2)15-8-16-30(3)25(32)23(13-14-24(27)31)28-26(33)34-17-22-20-11-6-4-9-18(20)19-10-5-7-12-21(19)22/h4-7,9-12,22-23H,8,13-17H2,1-3H3,(H2,27,31)(H,28,33). The number of nitrogens with one attached hydrogen (secondary N) is 1. The third-order valence-electron chi connectivity index (χ3n) is 6.09. The minimum Gasteiger partial charge on any atom is -0.449 e. The molecule has 0 aliphatic heterocycles. The summed E-state index contributed by atoms with van der Waals surface area (Å²) in [4.78, 5) is 40.5. The predicted octanol–water partition coefficient (Wildman–Crippen LogP) is 2.57. The van der Waals surface area contributed by atoms with Crippen molar-refractivity contribution in [2.75, 3.05) is 40.8 Å². The summed E-state index contributed by atoms with van der Waals surface area (Å²) >= 11 is 0. The number of primary amides is 1. The number of alkyl carbamates (subject to hydrolysis) is 1. The Labute approximate surface area is 201 Å². The fraction of sp³-hybridized carbons (Fsp3) is 0.423. The normalized spacial score (nSPS) is 13.2. The molecule has 0 aromatic heterocycles. The number of fused-ring (bicyclic) bond motifs is 3. The maximum atomic E-state index is 12.9. The lowest BCUT2D eigenvalue weighted by molar-refractivity contribution is -0.132. The van der Waals surface area contributed by atoms with Gasteiger partial charge in [0.1, 0.15) is 12.6 Å². The lowest BCUT2D eigenvalue weighted by Crippen LogP contribution is -2.48. The number of amides is 3. The van der Waals surface area contributed by atoms with Crippen molar-refractivity contribution in [3.8, 4) is 11.1 Å². The van der Waals surface area contributed by atoms with Gasteiger partial charge in [-0.3, -0.25) is 9.59 Å². The number of ether oxygens (including phenoxy) is 1. The summed E-state index contributed by atoms with van der Waals surface area (Å²) in [6.07, 6.45) is 0.219. The molecule has 34 heavy (non-hydrogen) atoms. The van der Waals surface area contributed by atoms with Crippen molar-refractivity contribution in [1.29, 1.82) is 0 Å². The fourth-order valence-corrected chi connectivity index (χ4v) is 4.33. The van der Waals surface area contributed by atoms with E-state index in [1.165, 1.54) is 0 Å². The van der Waals surface area contributed by atoms with Gasteiger partial charge in [-0.15, -0.1) is 0 Å². The molecule has 8 nitrogen and oxygen atoms in total. The molecule has 2 aromatic rings. The molecule has 0 saturated heterocycles. The molecule has 0 fully saturated rings. The van der Waals surface area contributed by atoms with Crippen molar-refractivity contribution in [2.45, 2.75) is 31.2 Å².